The van der Waals surface area contributed by atoms with E-state index in [0.717, 1.165) is 5.70 Å². The highest BCUT2D eigenvalue weighted by Crippen LogP contribution is 2.51. The first kappa shape index (κ1) is 16.9. The molecule has 2 aromatic carbocycles. The number of benzene rings is 2. The fourth-order valence-electron chi connectivity index (χ4n) is 4.51. The third-order valence-electron chi connectivity index (χ3n) is 5.67. The van der Waals surface area contributed by atoms with E-state index in [1.807, 2.05) is 6.07 Å². The topological polar surface area (TPSA) is 30.3 Å². The second-order valence-electron chi connectivity index (χ2n) is 8.32. The van der Waals surface area contributed by atoms with Gasteiger partial charge in [-0.1, -0.05) is 76.2 Å². The molecule has 1 saturated heterocycles. The summed E-state index contributed by atoms with van der Waals surface area (Å²) in [6.45, 7) is 8.93. The largest absolute Gasteiger partial charge is 0.350 e. The molecule has 0 radical (unpaired) electrons. The first-order chi connectivity index (χ1) is 12.3. The molecule has 2 aliphatic heterocycles. The van der Waals surface area contributed by atoms with E-state index in [-0.39, 0.29) is 11.6 Å². The Hall–Kier alpha value is -2.55. The van der Waals surface area contributed by atoms with Crippen molar-refractivity contribution in [1.29, 1.82) is 5.41 Å². The van der Waals surface area contributed by atoms with Crippen molar-refractivity contribution in [1.82, 2.24) is 4.90 Å². The number of allylic oxidation sites excluding steroid dienone is 1. The summed E-state index contributed by atoms with van der Waals surface area (Å²) in [6.07, 6.45) is 2.36. The van der Waals surface area contributed by atoms with Crippen molar-refractivity contribution in [2.45, 2.75) is 39.3 Å². The van der Waals surface area contributed by atoms with Crippen LogP contribution >= 0.6 is 0 Å². The molecule has 26 heavy (non-hydrogen) atoms. The normalized spacial score (nSPS) is 22.3. The third-order valence-corrected chi connectivity index (χ3v) is 5.67. The molecule has 1 atom stereocenters. The van der Waals surface area contributed by atoms with Crippen LogP contribution in [0.2, 0.25) is 0 Å². The number of fused-ring (bicyclic) bond motifs is 3. The Labute approximate surface area is 156 Å². The van der Waals surface area contributed by atoms with Gasteiger partial charge in [-0.3, -0.25) is 5.41 Å². The molecular weight excluding hydrogens is 318 g/mol. The number of likely N-dealkylation sites (N-methyl/N-ethyl adjacent to an activating group) is 1. The molecule has 0 saturated carbocycles. The molecule has 134 valence electrons. The maximum atomic E-state index is 8.86. The zero-order valence-electron chi connectivity index (χ0n) is 16.2. The molecule has 1 N–H and O–H groups in total. The van der Waals surface area contributed by atoms with E-state index in [0.29, 0.717) is 11.8 Å². The van der Waals surface area contributed by atoms with E-state index in [9.17, 15) is 0 Å². The van der Waals surface area contributed by atoms with Crippen LogP contribution in [0.15, 0.2) is 60.3 Å². The van der Waals surface area contributed by atoms with Gasteiger partial charge in [0.15, 0.2) is 5.84 Å². The van der Waals surface area contributed by atoms with E-state index in [1.165, 1.54) is 22.4 Å². The zero-order chi connectivity index (χ0) is 18.6. The highest BCUT2D eigenvalue weighted by Gasteiger charge is 2.53. The summed E-state index contributed by atoms with van der Waals surface area (Å²) < 4.78 is 0. The van der Waals surface area contributed by atoms with Gasteiger partial charge in [0.25, 0.3) is 0 Å². The van der Waals surface area contributed by atoms with Gasteiger partial charge in [0, 0.05) is 18.2 Å². The quantitative estimate of drug-likeness (QED) is 0.807. The molecule has 1 fully saturated rings. The number of anilines is 1. The summed E-state index contributed by atoms with van der Waals surface area (Å²) in [5.41, 5.74) is 5.91. The molecule has 2 aromatic rings. The van der Waals surface area contributed by atoms with Crippen LogP contribution in [-0.2, 0) is 5.41 Å². The van der Waals surface area contributed by atoms with Crippen molar-refractivity contribution < 1.29 is 0 Å². The van der Waals surface area contributed by atoms with E-state index in [4.69, 9.17) is 5.41 Å². The van der Waals surface area contributed by atoms with Crippen molar-refractivity contribution in [3.05, 3.63) is 65.9 Å². The molecule has 0 aliphatic carbocycles. The number of amidine groups is 1. The van der Waals surface area contributed by atoms with Crippen LogP contribution in [0.25, 0.3) is 11.1 Å². The molecule has 0 amide bonds. The second kappa shape index (κ2) is 5.73. The van der Waals surface area contributed by atoms with Crippen LogP contribution in [-0.4, -0.2) is 23.9 Å². The van der Waals surface area contributed by atoms with E-state index in [2.05, 4.69) is 93.1 Å². The van der Waals surface area contributed by atoms with Gasteiger partial charge in [-0.15, -0.1) is 0 Å². The van der Waals surface area contributed by atoms with Crippen molar-refractivity contribution in [2.24, 2.45) is 5.92 Å². The lowest BCUT2D eigenvalue weighted by Gasteiger charge is -2.33. The van der Waals surface area contributed by atoms with Gasteiger partial charge < -0.3 is 9.80 Å². The van der Waals surface area contributed by atoms with Gasteiger partial charge in [0.05, 0.1) is 5.70 Å². The number of rotatable bonds is 2. The van der Waals surface area contributed by atoms with Gasteiger partial charge in [0.1, 0.15) is 6.17 Å². The van der Waals surface area contributed by atoms with Crippen LogP contribution in [0.5, 0.6) is 0 Å². The number of nitrogens with zero attached hydrogens (tertiary/aromatic N) is 2. The summed E-state index contributed by atoms with van der Waals surface area (Å²) in [5, 5.41) is 8.86. The van der Waals surface area contributed by atoms with Gasteiger partial charge >= 0.3 is 0 Å². The molecule has 4 rings (SSSR count). The van der Waals surface area contributed by atoms with Crippen LogP contribution in [0.1, 0.15) is 33.3 Å². The Morgan fingerprint density at radius 3 is 2.38 bits per heavy atom. The number of hydrogen-bond acceptors (Lipinski definition) is 2. The van der Waals surface area contributed by atoms with Gasteiger partial charge in [-0.25, -0.2) is 0 Å². The van der Waals surface area contributed by atoms with Crippen molar-refractivity contribution in [2.75, 3.05) is 11.9 Å². The smallest absolute Gasteiger partial charge is 0.150 e. The molecule has 1 unspecified atom stereocenters. The molecule has 0 aromatic heterocycles. The van der Waals surface area contributed by atoms with Crippen LogP contribution in [0, 0.1) is 11.3 Å². The van der Waals surface area contributed by atoms with Crippen molar-refractivity contribution in [3.63, 3.8) is 0 Å². The van der Waals surface area contributed by atoms with Gasteiger partial charge in [-0.05, 0) is 28.7 Å². The summed E-state index contributed by atoms with van der Waals surface area (Å²) >= 11 is 0. The Bertz CT molecular complexity index is 893. The van der Waals surface area contributed by atoms with Crippen molar-refractivity contribution >= 4 is 11.5 Å². The fourth-order valence-corrected chi connectivity index (χ4v) is 4.51. The summed E-state index contributed by atoms with van der Waals surface area (Å²) in [6, 6.07) is 17.2. The van der Waals surface area contributed by atoms with Crippen LogP contribution in [0.4, 0.5) is 5.69 Å². The first-order valence-corrected chi connectivity index (χ1v) is 9.35. The predicted molar refractivity (Wildman–Crippen MR) is 110 cm³/mol. The fraction of sp³-hybridized carbons (Fsp3) is 0.348. The summed E-state index contributed by atoms with van der Waals surface area (Å²) in [4.78, 5) is 4.50. The molecule has 0 bridgehead atoms. The molecule has 2 heterocycles. The van der Waals surface area contributed by atoms with Crippen LogP contribution in [0.3, 0.4) is 0 Å². The monoisotopic (exact) mass is 345 g/mol. The van der Waals surface area contributed by atoms with E-state index < -0.39 is 0 Å². The summed E-state index contributed by atoms with van der Waals surface area (Å²) in [5.74, 6) is 1.04. The molecular formula is C23H27N3. The SMILES string of the molecule is CC(C)/C=C1\C(=N)N2c3cc(-c4ccccc4)ccc3C(C)(C)C2N1C. The zero-order valence-corrected chi connectivity index (χ0v) is 16.2. The summed E-state index contributed by atoms with van der Waals surface area (Å²) in [7, 11) is 2.12. The van der Waals surface area contributed by atoms with Crippen molar-refractivity contribution in [3.8, 4) is 11.1 Å². The second-order valence-corrected chi connectivity index (χ2v) is 8.32. The molecule has 0 spiro atoms. The van der Waals surface area contributed by atoms with E-state index in [1.54, 1.807) is 0 Å². The molecule has 3 nitrogen and oxygen atoms in total. The van der Waals surface area contributed by atoms with Crippen LogP contribution < -0.4 is 4.90 Å². The highest BCUT2D eigenvalue weighted by molar-refractivity contribution is 6.12. The average Bonchev–Trinajstić information content (AvgIpc) is 3.00. The minimum Gasteiger partial charge on any atom is -0.350 e. The Kier molecular flexibility index (Phi) is 3.72. The Morgan fingerprint density at radius 1 is 1.04 bits per heavy atom. The Balaban J connectivity index is 1.86. The number of hydrogen-bond donors (Lipinski definition) is 1. The lowest BCUT2D eigenvalue weighted by atomic mass is 9.83. The Morgan fingerprint density at radius 2 is 1.73 bits per heavy atom. The lowest BCUT2D eigenvalue weighted by Crippen LogP contribution is -2.45. The predicted octanol–water partition coefficient (Wildman–Crippen LogP) is 5.24. The highest BCUT2D eigenvalue weighted by atomic mass is 15.5. The number of nitrogens with one attached hydrogen (secondary N) is 1. The maximum absolute atomic E-state index is 8.86. The first-order valence-electron chi connectivity index (χ1n) is 9.35. The maximum Gasteiger partial charge on any atom is 0.150 e. The van der Waals surface area contributed by atoms with E-state index >= 15 is 0 Å². The molecule has 3 heteroatoms. The molecule has 2 aliphatic rings. The van der Waals surface area contributed by atoms with Gasteiger partial charge in [-0.2, -0.15) is 0 Å². The average molecular weight is 345 g/mol. The minimum absolute atomic E-state index is 0.0435. The lowest BCUT2D eigenvalue weighted by molar-refractivity contribution is 0.257. The minimum atomic E-state index is -0.0435. The standard InChI is InChI=1S/C23H27N3/c1-15(2)13-20-21(24)26-19-14-17(16-9-7-6-8-10-16)11-12-18(19)23(3,4)22(26)25(20)5/h6-15,22,24H,1-5H3/b20-13+,24-21?. The third kappa shape index (κ3) is 2.30. The van der Waals surface area contributed by atoms with Gasteiger partial charge in [0.2, 0.25) is 0 Å².